The quantitative estimate of drug-likeness (QED) is 0.411. The molecule has 0 aliphatic rings. The van der Waals surface area contributed by atoms with Gasteiger partial charge in [0, 0.05) is 40.7 Å². The molecule has 0 saturated carbocycles. The predicted octanol–water partition coefficient (Wildman–Crippen LogP) is 4.21. The Kier molecular flexibility index (Phi) is 5.17. The lowest BCUT2D eigenvalue weighted by molar-refractivity contribution is 0.100. The second-order valence-electron chi connectivity index (χ2n) is 7.44. The van der Waals surface area contributed by atoms with Crippen LogP contribution in [0.15, 0.2) is 73.1 Å². The molecule has 5 aromatic rings. The van der Waals surface area contributed by atoms with Crippen molar-refractivity contribution in [3.05, 3.63) is 101 Å². The molecular weight excluding hydrogens is 424 g/mol. The van der Waals surface area contributed by atoms with E-state index < -0.39 is 5.91 Å². The molecular formula is C24H19ClN6O. The highest BCUT2D eigenvalue weighted by atomic mass is 35.5. The van der Waals surface area contributed by atoms with Crippen molar-refractivity contribution in [3.8, 4) is 11.4 Å². The maximum absolute atomic E-state index is 11.6. The fraction of sp³-hybridized carbons (Fsp3) is 0.0833. The molecule has 3 aromatic heterocycles. The van der Waals surface area contributed by atoms with E-state index in [2.05, 4.69) is 19.5 Å². The average Bonchev–Trinajstić information content (AvgIpc) is 3.40. The van der Waals surface area contributed by atoms with Gasteiger partial charge in [-0.1, -0.05) is 17.7 Å². The first-order chi connectivity index (χ1) is 15.6. The van der Waals surface area contributed by atoms with E-state index >= 15 is 0 Å². The van der Waals surface area contributed by atoms with E-state index in [-0.39, 0.29) is 0 Å². The highest BCUT2D eigenvalue weighted by molar-refractivity contribution is 6.30. The number of benzene rings is 2. The molecule has 0 unspecified atom stereocenters. The number of rotatable bonds is 6. The minimum absolute atomic E-state index is 0.429. The number of hydrogen-bond acceptors (Lipinski definition) is 4. The molecule has 5 rings (SSSR count). The molecule has 1 amide bonds. The van der Waals surface area contributed by atoms with Crippen molar-refractivity contribution in [2.24, 2.45) is 5.73 Å². The van der Waals surface area contributed by atoms with E-state index in [1.165, 1.54) is 0 Å². The van der Waals surface area contributed by atoms with Crippen LogP contribution in [0.1, 0.15) is 27.6 Å². The van der Waals surface area contributed by atoms with E-state index in [0.29, 0.717) is 29.1 Å². The van der Waals surface area contributed by atoms with Gasteiger partial charge in [-0.2, -0.15) is 0 Å². The van der Waals surface area contributed by atoms with Crippen LogP contribution in [0, 0.1) is 0 Å². The lowest BCUT2D eigenvalue weighted by Crippen LogP contribution is -2.10. The van der Waals surface area contributed by atoms with Crippen molar-refractivity contribution in [3.63, 3.8) is 0 Å². The van der Waals surface area contributed by atoms with Crippen LogP contribution in [0.25, 0.3) is 22.4 Å². The number of nitrogens with zero attached hydrogens (tertiary/aromatic N) is 4. The van der Waals surface area contributed by atoms with Gasteiger partial charge in [-0.15, -0.1) is 0 Å². The molecule has 0 aliphatic heterocycles. The molecule has 3 N–H and O–H groups in total. The summed E-state index contributed by atoms with van der Waals surface area (Å²) in [7, 11) is 0. The van der Waals surface area contributed by atoms with Crippen LogP contribution in [-0.4, -0.2) is 30.4 Å². The zero-order valence-electron chi connectivity index (χ0n) is 17.0. The van der Waals surface area contributed by atoms with Crippen molar-refractivity contribution in [2.75, 3.05) is 0 Å². The lowest BCUT2D eigenvalue weighted by Gasteiger charge is -2.08. The third-order valence-corrected chi connectivity index (χ3v) is 5.50. The van der Waals surface area contributed by atoms with Crippen molar-refractivity contribution in [1.29, 1.82) is 0 Å². The number of fused-ring (bicyclic) bond motifs is 1. The van der Waals surface area contributed by atoms with Crippen LogP contribution in [-0.2, 0) is 13.0 Å². The molecule has 158 valence electrons. The minimum atomic E-state index is -0.478. The number of pyridine rings is 1. The number of H-pyrrole nitrogens is 1. The summed E-state index contributed by atoms with van der Waals surface area (Å²) in [5, 5.41) is 0.680. The van der Waals surface area contributed by atoms with Crippen molar-refractivity contribution >= 4 is 28.5 Å². The average molecular weight is 443 g/mol. The topological polar surface area (TPSA) is 102 Å². The molecule has 0 spiro atoms. The summed E-state index contributed by atoms with van der Waals surface area (Å²) in [6, 6.07) is 18.7. The van der Waals surface area contributed by atoms with E-state index in [9.17, 15) is 4.79 Å². The first kappa shape index (κ1) is 20.0. The molecule has 0 saturated heterocycles. The normalized spacial score (nSPS) is 11.2. The van der Waals surface area contributed by atoms with Gasteiger partial charge in [-0.05, 0) is 54.6 Å². The van der Waals surface area contributed by atoms with Gasteiger partial charge in [0.05, 0.1) is 23.3 Å². The van der Waals surface area contributed by atoms with Crippen LogP contribution in [0.2, 0.25) is 5.02 Å². The number of hydrogen-bond donors (Lipinski definition) is 2. The van der Waals surface area contributed by atoms with Crippen LogP contribution >= 0.6 is 11.6 Å². The van der Waals surface area contributed by atoms with Crippen LogP contribution in [0.3, 0.4) is 0 Å². The molecule has 3 heterocycles. The second kappa shape index (κ2) is 8.28. The van der Waals surface area contributed by atoms with E-state index in [0.717, 1.165) is 34.1 Å². The third-order valence-electron chi connectivity index (χ3n) is 5.25. The number of carbonyl (C=O) groups excluding carboxylic acids is 1. The summed E-state index contributed by atoms with van der Waals surface area (Å²) < 4.78 is 2.10. The summed E-state index contributed by atoms with van der Waals surface area (Å²) in [5.41, 5.74) is 10.3. The molecule has 7 nitrogen and oxygen atoms in total. The van der Waals surface area contributed by atoms with Gasteiger partial charge in [0.15, 0.2) is 0 Å². The maximum atomic E-state index is 11.6. The number of amides is 1. The van der Waals surface area contributed by atoms with Crippen LogP contribution in [0.4, 0.5) is 0 Å². The number of carbonyl (C=O) groups is 1. The Labute approximate surface area is 188 Å². The van der Waals surface area contributed by atoms with Gasteiger partial charge in [-0.3, -0.25) is 9.78 Å². The van der Waals surface area contributed by atoms with Crippen molar-refractivity contribution < 1.29 is 4.79 Å². The highest BCUT2D eigenvalue weighted by Gasteiger charge is 2.15. The Bertz CT molecular complexity index is 1410. The molecule has 0 fully saturated rings. The molecule has 0 radical (unpaired) electrons. The SMILES string of the molecule is NC(=O)c1ccc2c(c1)nc(Cc1cnc(-c3ccc(Cl)cc3)[nH]1)n2Cc1ccccn1. The van der Waals surface area contributed by atoms with E-state index in [1.54, 1.807) is 18.3 Å². The van der Waals surface area contributed by atoms with Crippen LogP contribution < -0.4 is 5.73 Å². The standard InChI is InChI=1S/C24H19ClN6O/c25-17-7-4-15(5-8-17)24-28-13-19(29-24)12-22-30-20-11-16(23(26)32)6-9-21(20)31(22)14-18-3-1-2-10-27-18/h1-11,13H,12,14H2,(H2,26,32)(H,28,29). The van der Waals surface area contributed by atoms with Gasteiger partial charge in [0.2, 0.25) is 5.91 Å². The second-order valence-corrected chi connectivity index (χ2v) is 7.88. The summed E-state index contributed by atoms with van der Waals surface area (Å²) in [6.45, 7) is 0.556. The number of primary amides is 1. The fourth-order valence-electron chi connectivity index (χ4n) is 3.67. The third kappa shape index (κ3) is 3.98. The van der Waals surface area contributed by atoms with Crippen molar-refractivity contribution in [2.45, 2.75) is 13.0 Å². The van der Waals surface area contributed by atoms with Crippen molar-refractivity contribution in [1.82, 2.24) is 24.5 Å². The summed E-state index contributed by atoms with van der Waals surface area (Å²) in [5.74, 6) is 1.12. The molecule has 2 aromatic carbocycles. The first-order valence-electron chi connectivity index (χ1n) is 10.1. The maximum Gasteiger partial charge on any atom is 0.248 e. The molecule has 8 heteroatoms. The summed E-state index contributed by atoms with van der Waals surface area (Å²) >= 11 is 5.99. The van der Waals surface area contributed by atoms with Crippen LogP contribution in [0.5, 0.6) is 0 Å². The van der Waals surface area contributed by atoms with Gasteiger partial charge >= 0.3 is 0 Å². The Morgan fingerprint density at radius 2 is 1.91 bits per heavy atom. The number of aromatic amines is 1. The summed E-state index contributed by atoms with van der Waals surface area (Å²) in [4.78, 5) is 28.8. The predicted molar refractivity (Wildman–Crippen MR) is 123 cm³/mol. The smallest absolute Gasteiger partial charge is 0.248 e. The molecule has 0 atom stereocenters. The van der Waals surface area contributed by atoms with Gasteiger partial charge < -0.3 is 15.3 Å². The fourth-order valence-corrected chi connectivity index (χ4v) is 3.80. The van der Waals surface area contributed by atoms with E-state index in [4.69, 9.17) is 22.3 Å². The Balaban J connectivity index is 1.53. The Morgan fingerprint density at radius 3 is 2.66 bits per heavy atom. The van der Waals surface area contributed by atoms with Gasteiger partial charge in [-0.25, -0.2) is 9.97 Å². The molecule has 0 aliphatic carbocycles. The highest BCUT2D eigenvalue weighted by Crippen LogP contribution is 2.23. The summed E-state index contributed by atoms with van der Waals surface area (Å²) in [6.07, 6.45) is 4.11. The zero-order chi connectivity index (χ0) is 22.1. The zero-order valence-corrected chi connectivity index (χ0v) is 17.8. The Morgan fingerprint density at radius 1 is 1.06 bits per heavy atom. The van der Waals surface area contributed by atoms with Gasteiger partial charge in [0.25, 0.3) is 0 Å². The number of aromatic nitrogens is 5. The largest absolute Gasteiger partial charge is 0.366 e. The van der Waals surface area contributed by atoms with Gasteiger partial charge in [0.1, 0.15) is 11.6 Å². The molecule has 0 bridgehead atoms. The molecule has 32 heavy (non-hydrogen) atoms. The Hall–Kier alpha value is -3.97. The number of halogens is 1. The number of imidazole rings is 2. The lowest BCUT2D eigenvalue weighted by atomic mass is 10.2. The minimum Gasteiger partial charge on any atom is -0.366 e. The monoisotopic (exact) mass is 442 g/mol. The number of nitrogens with two attached hydrogens (primary N) is 1. The number of nitrogens with one attached hydrogen (secondary N) is 1. The van der Waals surface area contributed by atoms with E-state index in [1.807, 2.05) is 54.7 Å². The first-order valence-corrected chi connectivity index (χ1v) is 10.4.